The van der Waals surface area contributed by atoms with Gasteiger partial charge in [0.15, 0.2) is 0 Å². The van der Waals surface area contributed by atoms with Gasteiger partial charge in [-0.15, -0.1) is 0 Å². The van der Waals surface area contributed by atoms with Crippen molar-refractivity contribution >= 4 is 110 Å². The van der Waals surface area contributed by atoms with Crippen LogP contribution in [0.25, 0.3) is 131 Å². The van der Waals surface area contributed by atoms with Crippen molar-refractivity contribution in [3.63, 3.8) is 0 Å². The van der Waals surface area contributed by atoms with Crippen LogP contribution in [-0.4, -0.2) is 0 Å². The molecule has 0 spiro atoms. The molecule has 1 nitrogen and oxygen atoms in total. The zero-order chi connectivity index (χ0) is 69.1. The molecule has 0 aromatic heterocycles. The van der Waals surface area contributed by atoms with E-state index in [1.54, 1.807) is 0 Å². The fraction of sp³-hybridized carbons (Fsp3) is 0.0211. The Hall–Kier alpha value is -11.8. The summed E-state index contributed by atoms with van der Waals surface area (Å²) in [4.78, 5) is 5.34. The average molecular weight is 1280 g/mol. The summed E-state index contributed by atoms with van der Waals surface area (Å²) < 4.78 is 41.1. The molecule has 0 amide bonds. The molecule has 0 radical (unpaired) electrons. The van der Waals surface area contributed by atoms with Gasteiger partial charge in [0.1, 0.15) is 0 Å². The van der Waals surface area contributed by atoms with E-state index in [-0.39, 0.29) is 47.6 Å². The highest BCUT2D eigenvalue weighted by atomic mass is 32.2. The van der Waals surface area contributed by atoms with Crippen molar-refractivity contribution in [1.29, 1.82) is 5.26 Å². The van der Waals surface area contributed by atoms with Crippen molar-refractivity contribution in [2.24, 2.45) is 0 Å². The molecule has 2 aliphatic rings. The van der Waals surface area contributed by atoms with E-state index in [1.165, 1.54) is 150 Å². The maximum absolute atomic E-state index is 9.19. The minimum Gasteiger partial charge on any atom is -0.192 e. The van der Waals surface area contributed by atoms with Crippen LogP contribution in [-0.2, 0) is 0 Å². The Kier molecular flexibility index (Phi) is 12.8. The number of rotatable bonds is 6. The van der Waals surface area contributed by atoms with E-state index in [9.17, 15) is 5.26 Å². The first-order valence-corrected chi connectivity index (χ1v) is 34.9. The van der Waals surface area contributed by atoms with Gasteiger partial charge in [0, 0.05) is 31.4 Å². The molecule has 0 saturated carbocycles. The Labute approximate surface area is 584 Å². The normalized spacial score (nSPS) is 13.4. The third-order valence-corrected chi connectivity index (χ3v) is 22.9. The molecule has 0 saturated heterocycles. The van der Waals surface area contributed by atoms with Crippen LogP contribution in [0.3, 0.4) is 0 Å². The van der Waals surface area contributed by atoms with Crippen molar-refractivity contribution in [1.82, 2.24) is 0 Å². The van der Waals surface area contributed by atoms with Crippen LogP contribution in [0.2, 0.25) is 0 Å². The molecule has 456 valence electrons. The molecule has 2 aliphatic heterocycles. The molecule has 0 atom stereocenters. The van der Waals surface area contributed by atoms with Gasteiger partial charge < -0.3 is 0 Å². The quantitative estimate of drug-likeness (QED) is 0.155. The summed E-state index contributed by atoms with van der Waals surface area (Å²) in [7, 11) is 0. The molecule has 18 aromatic rings. The lowest BCUT2D eigenvalue weighted by atomic mass is 9.78. The maximum Gasteiger partial charge on any atom is 0.0991 e. The summed E-state index contributed by atoms with van der Waals surface area (Å²) in [5.74, 6) is 0.0313. The third-order valence-electron chi connectivity index (χ3n) is 20.3. The van der Waals surface area contributed by atoms with E-state index in [0.717, 1.165) is 22.3 Å². The Bertz CT molecular complexity index is 6330. The highest BCUT2D eigenvalue weighted by Gasteiger charge is 2.36. The number of benzene rings is 18. The minimum absolute atomic E-state index is 0.0224. The molecular formula is C95H59NS2. The second kappa shape index (κ2) is 23.8. The standard InChI is InChI=1S/C48H29NS.C47H30S/c49-29-30-17-19-31(20-18-30)32-21-23-33(24-22-32)34-25-27-35(28-26-34)44-45-40-13-5-1-9-36(40)38-11-3-7-15-42(38)47(45)50-48-43-16-8-4-12-39(43)37-10-2-6-14-41(37)46(44)48;1-2-12-30(13-3-1)31-22-24-32(25-23-31)33-26-28-34(29-27-33)43-44-39-18-8-4-14-35(39)37-16-6-10-20-41(37)46(44)48-47-42-21-11-7-17-38(42)36-15-5-9-19-40(36)45(43)47/h1-28,44H;1-29,43H/i;1D,2D,3D,12D,13D. The number of nitrogens with zero attached hydrogens (tertiary/aromatic N) is 1. The smallest absolute Gasteiger partial charge is 0.0991 e. The molecule has 0 N–H and O–H groups in total. The molecule has 0 aliphatic carbocycles. The first-order valence-electron chi connectivity index (χ1n) is 35.7. The van der Waals surface area contributed by atoms with Gasteiger partial charge in [0.25, 0.3) is 0 Å². The molecule has 0 fully saturated rings. The summed E-state index contributed by atoms with van der Waals surface area (Å²) >= 11 is 3.87. The van der Waals surface area contributed by atoms with Crippen molar-refractivity contribution in [3.05, 3.63) is 385 Å². The molecule has 2 heterocycles. The summed E-state index contributed by atoms with van der Waals surface area (Å²) in [6.07, 6.45) is 0. The van der Waals surface area contributed by atoms with E-state index >= 15 is 0 Å². The largest absolute Gasteiger partial charge is 0.192 e. The maximum atomic E-state index is 9.19. The summed E-state index contributed by atoms with van der Waals surface area (Å²) in [5.41, 5.74) is 16.1. The van der Waals surface area contributed by atoms with Crippen molar-refractivity contribution < 1.29 is 6.85 Å². The Morgan fingerprint density at radius 2 is 0.429 bits per heavy atom. The van der Waals surface area contributed by atoms with Crippen molar-refractivity contribution in [2.45, 2.75) is 31.4 Å². The Balaban J connectivity index is 0.000000142. The van der Waals surface area contributed by atoms with Gasteiger partial charge in [-0.2, -0.15) is 5.26 Å². The first-order chi connectivity index (χ1) is 50.7. The highest BCUT2D eigenvalue weighted by molar-refractivity contribution is 8.00. The highest BCUT2D eigenvalue weighted by Crippen LogP contribution is 2.60. The summed E-state index contributed by atoms with van der Waals surface area (Å²) in [5, 5.41) is 29.8. The van der Waals surface area contributed by atoms with E-state index in [0.29, 0.717) is 11.1 Å². The lowest BCUT2D eigenvalue weighted by Gasteiger charge is -2.33. The molecule has 3 heteroatoms. The van der Waals surface area contributed by atoms with E-state index in [1.807, 2.05) is 72.1 Å². The zero-order valence-corrected chi connectivity index (χ0v) is 54.6. The van der Waals surface area contributed by atoms with Crippen LogP contribution in [0.1, 0.15) is 57.6 Å². The number of hydrogen-bond donors (Lipinski definition) is 0. The van der Waals surface area contributed by atoms with Gasteiger partial charge in [0.2, 0.25) is 0 Å². The zero-order valence-electron chi connectivity index (χ0n) is 57.9. The van der Waals surface area contributed by atoms with Crippen LogP contribution in [0.4, 0.5) is 0 Å². The van der Waals surface area contributed by atoms with Crippen LogP contribution in [0.15, 0.2) is 365 Å². The number of nitriles is 1. The lowest BCUT2D eigenvalue weighted by molar-refractivity contribution is 0.938. The SMILES string of the molecule is N#Cc1ccc(-c2ccc(-c3ccc(C4c5c(c6ccccc6c6ccccc56)Sc5c4c4ccccc4c4ccccc54)cc3)cc2)cc1.[2H]c1c([2H])c([2H])c(-c2ccc(-c3ccc(C4c5c(c6ccccc6c6ccccc56)Sc5c4c4ccccc4c4ccccc54)cc3)cc2)c([2H])c1[2H]. The molecular weight excluding hydrogens is 1220 g/mol. The minimum atomic E-state index is -0.385. The van der Waals surface area contributed by atoms with Gasteiger partial charge in [-0.25, -0.2) is 0 Å². The van der Waals surface area contributed by atoms with Crippen LogP contribution < -0.4 is 0 Å². The second-order valence-corrected chi connectivity index (χ2v) is 27.5. The predicted octanol–water partition coefficient (Wildman–Crippen LogP) is 26.4. The third kappa shape index (κ3) is 9.47. The van der Waals surface area contributed by atoms with Gasteiger partial charge in [0.05, 0.1) is 18.5 Å². The van der Waals surface area contributed by atoms with Crippen LogP contribution in [0.5, 0.6) is 0 Å². The topological polar surface area (TPSA) is 23.8 Å². The summed E-state index contributed by atoms with van der Waals surface area (Å²) in [6.45, 7) is 0. The number of hydrogen-bond acceptors (Lipinski definition) is 3. The molecule has 0 bridgehead atoms. The second-order valence-electron chi connectivity index (χ2n) is 25.5. The molecule has 20 rings (SSSR count). The lowest BCUT2D eigenvalue weighted by Crippen LogP contribution is -2.12. The fourth-order valence-electron chi connectivity index (χ4n) is 15.8. The molecule has 0 unspecified atom stereocenters. The monoisotopic (exact) mass is 1280 g/mol. The van der Waals surface area contributed by atoms with E-state index < -0.39 is 0 Å². The van der Waals surface area contributed by atoms with Gasteiger partial charge >= 0.3 is 0 Å². The van der Waals surface area contributed by atoms with Gasteiger partial charge in [-0.3, -0.25) is 0 Å². The van der Waals surface area contributed by atoms with Gasteiger partial charge in [-0.05, 0) is 176 Å². The van der Waals surface area contributed by atoms with Gasteiger partial charge in [-0.1, -0.05) is 357 Å². The number of fused-ring (bicyclic) bond motifs is 24. The van der Waals surface area contributed by atoms with Crippen LogP contribution >= 0.6 is 23.5 Å². The van der Waals surface area contributed by atoms with E-state index in [4.69, 9.17) is 6.85 Å². The first kappa shape index (κ1) is 52.5. The Morgan fingerprint density at radius 1 is 0.224 bits per heavy atom. The van der Waals surface area contributed by atoms with Crippen LogP contribution in [0, 0.1) is 11.3 Å². The van der Waals surface area contributed by atoms with Crippen molar-refractivity contribution in [2.75, 3.05) is 0 Å². The molecule has 18 aromatic carbocycles. The van der Waals surface area contributed by atoms with Crippen molar-refractivity contribution in [3.8, 4) is 50.6 Å². The Morgan fingerprint density at radius 3 is 0.684 bits per heavy atom. The fourth-order valence-corrected chi connectivity index (χ4v) is 18.8. The summed E-state index contributed by atoms with van der Waals surface area (Å²) in [6, 6.07) is 114. The molecule has 98 heavy (non-hydrogen) atoms. The van der Waals surface area contributed by atoms with E-state index in [2.05, 4.69) is 273 Å². The predicted molar refractivity (Wildman–Crippen MR) is 415 cm³/mol. The average Bonchev–Trinajstić information content (AvgIpc) is 0.706.